The third-order valence-corrected chi connectivity index (χ3v) is 5.81. The Bertz CT molecular complexity index is 1420. The molecule has 0 N–H and O–H groups in total. The summed E-state index contributed by atoms with van der Waals surface area (Å²) in [4.78, 5) is 24.9. The Morgan fingerprint density at radius 2 is 1.89 bits per heavy atom. The molecule has 37 heavy (non-hydrogen) atoms. The van der Waals surface area contributed by atoms with E-state index in [4.69, 9.17) is 18.9 Å². The number of benzene rings is 2. The van der Waals surface area contributed by atoms with Crippen molar-refractivity contribution in [1.29, 1.82) is 0 Å². The zero-order valence-corrected chi connectivity index (χ0v) is 20.9. The van der Waals surface area contributed by atoms with E-state index in [0.717, 1.165) is 17.4 Å². The molecule has 190 valence electrons. The van der Waals surface area contributed by atoms with Crippen molar-refractivity contribution in [3.05, 3.63) is 112 Å². The van der Waals surface area contributed by atoms with Crippen LogP contribution in [0.3, 0.4) is 0 Å². The van der Waals surface area contributed by atoms with Gasteiger partial charge in [-0.2, -0.15) is 0 Å². The van der Waals surface area contributed by atoms with Crippen molar-refractivity contribution < 1.29 is 23.7 Å². The van der Waals surface area contributed by atoms with E-state index < -0.39 is 0 Å². The van der Waals surface area contributed by atoms with E-state index in [0.29, 0.717) is 53.0 Å². The fourth-order valence-electron chi connectivity index (χ4n) is 3.81. The molecular formula is C30H29NO6. The average molecular weight is 500 g/mol. The zero-order chi connectivity index (χ0) is 26.2. The number of carbonyl (C=O) groups excluding carboxylic acids is 1. The molecule has 0 radical (unpaired) electrons. The normalized spacial score (nSPS) is 12.9. The first kappa shape index (κ1) is 25.6. The number of allylic oxidation sites excluding steroid dienone is 3. The van der Waals surface area contributed by atoms with Crippen LogP contribution in [0.5, 0.6) is 23.0 Å². The summed E-state index contributed by atoms with van der Waals surface area (Å²) in [6, 6.07) is 12.3. The molecule has 7 heteroatoms. The Kier molecular flexibility index (Phi) is 8.26. The maximum Gasteiger partial charge on any atom is 0.261 e. The van der Waals surface area contributed by atoms with Gasteiger partial charge in [0.1, 0.15) is 37.9 Å². The Labute approximate surface area is 215 Å². The molecule has 1 aliphatic heterocycles. The van der Waals surface area contributed by atoms with Gasteiger partial charge in [0.05, 0.1) is 16.8 Å². The number of pyridine rings is 1. The first-order chi connectivity index (χ1) is 18.0. The van der Waals surface area contributed by atoms with E-state index in [-0.39, 0.29) is 18.8 Å². The summed E-state index contributed by atoms with van der Waals surface area (Å²) < 4.78 is 24.7. The largest absolute Gasteiger partial charge is 0.488 e. The smallest absolute Gasteiger partial charge is 0.261 e. The highest BCUT2D eigenvalue weighted by Crippen LogP contribution is 2.32. The van der Waals surface area contributed by atoms with Gasteiger partial charge >= 0.3 is 0 Å². The number of carbonyl (C=O) groups is 1. The molecule has 0 saturated heterocycles. The lowest BCUT2D eigenvalue weighted by molar-refractivity contribution is 0.111. The molecular weight excluding hydrogens is 470 g/mol. The SMILES string of the molecule is C=C/C(=C\C=C/C)COc1cc(OCc2cccn(-c3ccc4c(c3)OCCO4)c2=O)c(C)cc1C=O. The second-order valence-corrected chi connectivity index (χ2v) is 8.36. The van der Waals surface area contributed by atoms with Gasteiger partial charge in [-0.3, -0.25) is 14.2 Å². The first-order valence-electron chi connectivity index (χ1n) is 11.9. The van der Waals surface area contributed by atoms with Crippen molar-refractivity contribution in [3.63, 3.8) is 0 Å². The van der Waals surface area contributed by atoms with E-state index >= 15 is 0 Å². The van der Waals surface area contributed by atoms with Crippen molar-refractivity contribution in [2.75, 3.05) is 19.8 Å². The molecule has 4 rings (SSSR count). The summed E-state index contributed by atoms with van der Waals surface area (Å²) in [5.41, 5.74) is 2.97. The van der Waals surface area contributed by atoms with Crippen LogP contribution in [0, 0.1) is 6.92 Å². The summed E-state index contributed by atoms with van der Waals surface area (Å²) in [7, 11) is 0. The highest BCUT2D eigenvalue weighted by molar-refractivity contribution is 5.80. The number of aromatic nitrogens is 1. The van der Waals surface area contributed by atoms with Gasteiger partial charge in [0.2, 0.25) is 0 Å². The van der Waals surface area contributed by atoms with E-state index in [9.17, 15) is 9.59 Å². The Hall–Kier alpha value is -4.52. The Morgan fingerprint density at radius 3 is 2.65 bits per heavy atom. The third kappa shape index (κ3) is 6.01. The summed E-state index contributed by atoms with van der Waals surface area (Å²) in [5.74, 6) is 2.18. The average Bonchev–Trinajstić information content (AvgIpc) is 2.93. The fourth-order valence-corrected chi connectivity index (χ4v) is 3.81. The number of aryl methyl sites for hydroxylation is 1. The van der Waals surface area contributed by atoms with Crippen LogP contribution in [-0.2, 0) is 6.61 Å². The minimum atomic E-state index is -0.206. The Balaban J connectivity index is 1.54. The van der Waals surface area contributed by atoms with E-state index in [1.165, 1.54) is 0 Å². The van der Waals surface area contributed by atoms with Crippen LogP contribution in [-0.4, -0.2) is 30.7 Å². The molecule has 1 aliphatic rings. The standard InChI is InChI=1S/C30H29NO6/c1-4-6-8-22(5-2)19-36-28-17-27(21(3)15-24(28)18-32)37-20-23-9-7-12-31(30(23)33)25-10-11-26-29(16-25)35-14-13-34-26/h4-12,15-18H,2,13-14,19-20H2,1,3H3/b6-4-,22-8+. The second kappa shape index (κ2) is 11.9. The molecule has 0 unspecified atom stereocenters. The lowest BCUT2D eigenvalue weighted by Crippen LogP contribution is -2.23. The van der Waals surface area contributed by atoms with Crippen molar-refractivity contribution >= 4 is 6.29 Å². The molecule has 1 aromatic heterocycles. The van der Waals surface area contributed by atoms with Crippen LogP contribution in [0.15, 0.2) is 89.9 Å². The van der Waals surface area contributed by atoms with Gasteiger partial charge in [-0.1, -0.05) is 30.9 Å². The van der Waals surface area contributed by atoms with Gasteiger partial charge in [-0.25, -0.2) is 0 Å². The summed E-state index contributed by atoms with van der Waals surface area (Å²) in [6.07, 6.45) is 9.84. The molecule has 2 heterocycles. The fraction of sp³-hybridized carbons (Fsp3) is 0.200. The number of rotatable bonds is 10. The van der Waals surface area contributed by atoms with Crippen molar-refractivity contribution in [2.24, 2.45) is 0 Å². The third-order valence-electron chi connectivity index (χ3n) is 5.81. The molecule has 0 amide bonds. The van der Waals surface area contributed by atoms with Crippen LogP contribution in [0.1, 0.15) is 28.4 Å². The predicted octanol–water partition coefficient (Wildman–Crippen LogP) is 5.38. The maximum absolute atomic E-state index is 13.2. The van der Waals surface area contributed by atoms with Crippen LogP contribution in [0.4, 0.5) is 0 Å². The van der Waals surface area contributed by atoms with Crippen molar-refractivity contribution in [1.82, 2.24) is 4.57 Å². The monoisotopic (exact) mass is 499 g/mol. The number of hydrogen-bond acceptors (Lipinski definition) is 6. The minimum Gasteiger partial charge on any atom is -0.488 e. The van der Waals surface area contributed by atoms with Gasteiger partial charge < -0.3 is 18.9 Å². The van der Waals surface area contributed by atoms with E-state index in [1.54, 1.807) is 53.2 Å². The van der Waals surface area contributed by atoms with Crippen LogP contribution in [0.2, 0.25) is 0 Å². The molecule has 7 nitrogen and oxygen atoms in total. The first-order valence-corrected chi connectivity index (χ1v) is 11.9. The molecule has 0 bridgehead atoms. The minimum absolute atomic E-state index is 0.0457. The van der Waals surface area contributed by atoms with E-state index in [2.05, 4.69) is 6.58 Å². The molecule has 0 fully saturated rings. The number of hydrogen-bond donors (Lipinski definition) is 0. The molecule has 2 aromatic carbocycles. The lowest BCUT2D eigenvalue weighted by atomic mass is 10.1. The summed E-state index contributed by atoms with van der Waals surface area (Å²) >= 11 is 0. The van der Waals surface area contributed by atoms with Crippen LogP contribution in [0.25, 0.3) is 5.69 Å². The highest BCUT2D eigenvalue weighted by Gasteiger charge is 2.15. The number of nitrogens with zero attached hydrogens (tertiary/aromatic N) is 1. The van der Waals surface area contributed by atoms with Gasteiger partial charge in [0.15, 0.2) is 17.8 Å². The number of fused-ring (bicyclic) bond motifs is 1. The molecule has 0 atom stereocenters. The quantitative estimate of drug-likeness (QED) is 0.276. The molecule has 0 saturated carbocycles. The number of ether oxygens (including phenoxy) is 4. The molecule has 0 aliphatic carbocycles. The molecule has 0 spiro atoms. The van der Waals surface area contributed by atoms with Crippen LogP contribution >= 0.6 is 0 Å². The van der Waals surface area contributed by atoms with Gasteiger partial charge in [0.25, 0.3) is 5.56 Å². The number of aldehydes is 1. The summed E-state index contributed by atoms with van der Waals surface area (Å²) in [5, 5.41) is 0. The Morgan fingerprint density at radius 1 is 1.08 bits per heavy atom. The van der Waals surface area contributed by atoms with Gasteiger partial charge in [0, 0.05) is 18.3 Å². The van der Waals surface area contributed by atoms with Crippen molar-refractivity contribution in [3.8, 4) is 28.7 Å². The van der Waals surface area contributed by atoms with E-state index in [1.807, 2.05) is 38.1 Å². The molecule has 3 aromatic rings. The van der Waals surface area contributed by atoms with Crippen LogP contribution < -0.4 is 24.5 Å². The highest BCUT2D eigenvalue weighted by atomic mass is 16.6. The predicted molar refractivity (Wildman–Crippen MR) is 143 cm³/mol. The van der Waals surface area contributed by atoms with Gasteiger partial charge in [-0.15, -0.1) is 0 Å². The van der Waals surface area contributed by atoms with Gasteiger partial charge in [-0.05, 0) is 55.3 Å². The lowest BCUT2D eigenvalue weighted by Gasteiger charge is -2.19. The summed E-state index contributed by atoms with van der Waals surface area (Å²) in [6.45, 7) is 8.82. The maximum atomic E-state index is 13.2. The second-order valence-electron chi connectivity index (χ2n) is 8.36. The zero-order valence-electron chi connectivity index (χ0n) is 20.9. The van der Waals surface area contributed by atoms with Crippen molar-refractivity contribution in [2.45, 2.75) is 20.5 Å². The topological polar surface area (TPSA) is 76.0 Å².